The van der Waals surface area contributed by atoms with Crippen molar-refractivity contribution in [1.29, 1.82) is 5.26 Å². The van der Waals surface area contributed by atoms with Gasteiger partial charge in [0.1, 0.15) is 11.8 Å². The lowest BCUT2D eigenvalue weighted by Gasteiger charge is -2.08. The predicted octanol–water partition coefficient (Wildman–Crippen LogP) is 2.69. The van der Waals surface area contributed by atoms with Crippen molar-refractivity contribution in [3.63, 3.8) is 0 Å². The molecule has 1 N–H and O–H groups in total. The number of alkyl halides is 2. The smallest absolute Gasteiger partial charge is 0.387 e. The first-order valence-electron chi connectivity index (χ1n) is 5.22. The summed E-state index contributed by atoms with van der Waals surface area (Å²) in [5.41, 5.74) is 0.731. The third kappa shape index (κ3) is 3.35. The Morgan fingerprint density at radius 3 is 2.47 bits per heavy atom. The Labute approximate surface area is 107 Å². The van der Waals surface area contributed by atoms with E-state index in [-0.39, 0.29) is 11.4 Å². The molecule has 0 amide bonds. The fourth-order valence-electron chi connectivity index (χ4n) is 1.37. The third-order valence-electron chi connectivity index (χ3n) is 2.15. The molecular weight excluding hydrogens is 254 g/mol. The lowest BCUT2D eigenvalue weighted by Crippen LogP contribution is -2.02. The highest BCUT2D eigenvalue weighted by atomic mass is 19.3. The molecule has 19 heavy (non-hydrogen) atoms. The molecule has 0 spiro atoms. The largest absolute Gasteiger partial charge is 0.435 e. The molecule has 0 fully saturated rings. The molecule has 0 unspecified atom stereocenters. The number of nitrogens with zero attached hydrogens (tertiary/aromatic N) is 3. The molecule has 0 saturated carbocycles. The van der Waals surface area contributed by atoms with Crippen molar-refractivity contribution >= 4 is 11.5 Å². The van der Waals surface area contributed by atoms with Crippen molar-refractivity contribution in [3.8, 4) is 11.8 Å². The second-order valence-corrected chi connectivity index (χ2v) is 3.39. The van der Waals surface area contributed by atoms with Gasteiger partial charge in [-0.3, -0.25) is 0 Å². The average molecular weight is 262 g/mol. The molecule has 0 bridgehead atoms. The highest BCUT2D eigenvalue weighted by molar-refractivity contribution is 5.61. The van der Waals surface area contributed by atoms with E-state index >= 15 is 0 Å². The van der Waals surface area contributed by atoms with Gasteiger partial charge < -0.3 is 10.1 Å². The summed E-state index contributed by atoms with van der Waals surface area (Å²) in [5.74, 6) is 0.354. The summed E-state index contributed by atoms with van der Waals surface area (Å²) in [5, 5.41) is 11.7. The lowest BCUT2D eigenvalue weighted by atomic mass is 10.3. The Hall–Kier alpha value is -2.75. The number of benzene rings is 1. The quantitative estimate of drug-likeness (QED) is 0.917. The summed E-state index contributed by atoms with van der Waals surface area (Å²) >= 11 is 0. The van der Waals surface area contributed by atoms with E-state index in [4.69, 9.17) is 5.26 Å². The summed E-state index contributed by atoms with van der Waals surface area (Å²) < 4.78 is 28.2. The van der Waals surface area contributed by atoms with E-state index in [0.717, 1.165) is 0 Å². The zero-order valence-electron chi connectivity index (χ0n) is 9.55. The van der Waals surface area contributed by atoms with Gasteiger partial charge in [-0.2, -0.15) is 14.0 Å². The standard InChI is InChI=1S/C12H8F2N4O/c13-12(14)19-9-3-1-8(2-4-9)18-11-10(7-15)16-5-6-17-11/h1-6,12H,(H,17,18). The number of halogens is 2. The Morgan fingerprint density at radius 1 is 1.16 bits per heavy atom. The molecule has 96 valence electrons. The second-order valence-electron chi connectivity index (χ2n) is 3.39. The summed E-state index contributed by atoms with van der Waals surface area (Å²) in [4.78, 5) is 7.81. The van der Waals surface area contributed by atoms with Gasteiger partial charge in [0.2, 0.25) is 0 Å². The van der Waals surface area contributed by atoms with Crippen LogP contribution in [0.5, 0.6) is 5.75 Å². The van der Waals surface area contributed by atoms with E-state index in [1.54, 1.807) is 0 Å². The number of nitrogens with one attached hydrogen (secondary N) is 1. The number of ether oxygens (including phenoxy) is 1. The van der Waals surface area contributed by atoms with Gasteiger partial charge in [-0.1, -0.05) is 0 Å². The van der Waals surface area contributed by atoms with Gasteiger partial charge in [0.15, 0.2) is 11.5 Å². The SMILES string of the molecule is N#Cc1nccnc1Nc1ccc(OC(F)F)cc1. The van der Waals surface area contributed by atoms with Crippen molar-refractivity contribution in [2.24, 2.45) is 0 Å². The minimum Gasteiger partial charge on any atom is -0.435 e. The van der Waals surface area contributed by atoms with E-state index in [1.165, 1.54) is 36.7 Å². The van der Waals surface area contributed by atoms with Crippen LogP contribution in [0.15, 0.2) is 36.7 Å². The van der Waals surface area contributed by atoms with E-state index in [9.17, 15) is 8.78 Å². The second kappa shape index (κ2) is 5.73. The zero-order chi connectivity index (χ0) is 13.7. The molecule has 0 atom stereocenters. The number of anilines is 2. The first-order valence-corrected chi connectivity index (χ1v) is 5.22. The van der Waals surface area contributed by atoms with E-state index < -0.39 is 6.61 Å². The number of aromatic nitrogens is 2. The van der Waals surface area contributed by atoms with Gasteiger partial charge in [-0.15, -0.1) is 0 Å². The molecule has 0 aliphatic heterocycles. The Kier molecular flexibility index (Phi) is 3.83. The van der Waals surface area contributed by atoms with Crippen LogP contribution in [0.25, 0.3) is 0 Å². The lowest BCUT2D eigenvalue weighted by molar-refractivity contribution is -0.0498. The van der Waals surface area contributed by atoms with Crippen molar-refractivity contribution in [3.05, 3.63) is 42.4 Å². The number of rotatable bonds is 4. The summed E-state index contributed by atoms with van der Waals surface area (Å²) in [7, 11) is 0. The number of hydrogen-bond donors (Lipinski definition) is 1. The van der Waals surface area contributed by atoms with Gasteiger partial charge in [-0.05, 0) is 24.3 Å². The summed E-state index contributed by atoms with van der Waals surface area (Å²) in [6.45, 7) is -2.86. The predicted molar refractivity (Wildman–Crippen MR) is 63.1 cm³/mol. The monoisotopic (exact) mass is 262 g/mol. The average Bonchev–Trinajstić information content (AvgIpc) is 2.41. The van der Waals surface area contributed by atoms with Crippen LogP contribution >= 0.6 is 0 Å². The topological polar surface area (TPSA) is 70.8 Å². The Morgan fingerprint density at radius 2 is 1.84 bits per heavy atom. The first kappa shape index (κ1) is 12.7. The molecule has 2 aromatic rings. The van der Waals surface area contributed by atoms with Crippen molar-refractivity contribution < 1.29 is 13.5 Å². The molecule has 1 aromatic heterocycles. The maximum atomic E-state index is 12.0. The summed E-state index contributed by atoms with van der Waals surface area (Å²) in [6.07, 6.45) is 2.85. The Balaban J connectivity index is 2.13. The molecule has 5 nitrogen and oxygen atoms in total. The van der Waals surface area contributed by atoms with Crippen LogP contribution in [-0.4, -0.2) is 16.6 Å². The maximum absolute atomic E-state index is 12.0. The molecule has 0 aliphatic rings. The van der Waals surface area contributed by atoms with Crippen LogP contribution in [-0.2, 0) is 0 Å². The number of nitriles is 1. The van der Waals surface area contributed by atoms with Gasteiger partial charge in [0.25, 0.3) is 0 Å². The van der Waals surface area contributed by atoms with Gasteiger partial charge in [-0.25, -0.2) is 9.97 Å². The molecule has 2 rings (SSSR count). The minimum atomic E-state index is -2.86. The van der Waals surface area contributed by atoms with E-state index in [2.05, 4.69) is 20.0 Å². The van der Waals surface area contributed by atoms with Gasteiger partial charge in [0.05, 0.1) is 0 Å². The molecule has 0 radical (unpaired) electrons. The van der Waals surface area contributed by atoms with Crippen LogP contribution in [0.3, 0.4) is 0 Å². The van der Waals surface area contributed by atoms with Crippen LogP contribution < -0.4 is 10.1 Å². The van der Waals surface area contributed by atoms with Gasteiger partial charge >= 0.3 is 6.61 Å². The van der Waals surface area contributed by atoms with Crippen molar-refractivity contribution in [1.82, 2.24) is 9.97 Å². The fraction of sp³-hybridized carbons (Fsp3) is 0.0833. The van der Waals surface area contributed by atoms with Crippen molar-refractivity contribution in [2.75, 3.05) is 5.32 Å². The first-order chi connectivity index (χ1) is 9.19. The van der Waals surface area contributed by atoms with E-state index in [0.29, 0.717) is 11.5 Å². The molecule has 0 saturated heterocycles. The Bertz CT molecular complexity index is 595. The highest BCUT2D eigenvalue weighted by Gasteiger charge is 2.06. The zero-order valence-corrected chi connectivity index (χ0v) is 9.55. The van der Waals surface area contributed by atoms with Crippen LogP contribution in [0.1, 0.15) is 5.69 Å². The van der Waals surface area contributed by atoms with E-state index in [1.807, 2.05) is 6.07 Å². The molecular formula is C12H8F2N4O. The number of hydrogen-bond acceptors (Lipinski definition) is 5. The molecule has 0 aliphatic carbocycles. The third-order valence-corrected chi connectivity index (χ3v) is 2.15. The van der Waals surface area contributed by atoms with Crippen LogP contribution in [0, 0.1) is 11.3 Å². The normalized spacial score (nSPS) is 10.0. The highest BCUT2D eigenvalue weighted by Crippen LogP contribution is 2.21. The minimum absolute atomic E-state index is 0.0557. The summed E-state index contributed by atoms with van der Waals surface area (Å²) in [6, 6.07) is 7.74. The molecule has 1 aromatic carbocycles. The molecule has 7 heteroatoms. The molecule has 1 heterocycles. The fourth-order valence-corrected chi connectivity index (χ4v) is 1.37. The maximum Gasteiger partial charge on any atom is 0.387 e. The van der Waals surface area contributed by atoms with Gasteiger partial charge in [0, 0.05) is 18.1 Å². The van der Waals surface area contributed by atoms with Crippen molar-refractivity contribution in [2.45, 2.75) is 6.61 Å². The van der Waals surface area contributed by atoms with Crippen LogP contribution in [0.4, 0.5) is 20.3 Å². The van der Waals surface area contributed by atoms with Crippen LogP contribution in [0.2, 0.25) is 0 Å².